The van der Waals surface area contributed by atoms with Gasteiger partial charge in [-0.2, -0.15) is 0 Å². The highest BCUT2D eigenvalue weighted by Crippen LogP contribution is 2.37. The number of carbonyl (C=O) groups is 2. The van der Waals surface area contributed by atoms with E-state index in [4.69, 9.17) is 9.84 Å². The summed E-state index contributed by atoms with van der Waals surface area (Å²) in [7, 11) is 1.74. The molecule has 0 bridgehead atoms. The third-order valence-electron chi connectivity index (χ3n) is 4.26. The molecule has 3 atom stereocenters. The minimum atomic E-state index is -0.951. The second-order valence-corrected chi connectivity index (χ2v) is 5.53. The number of fused-ring (bicyclic) bond motifs is 1. The van der Waals surface area contributed by atoms with E-state index in [2.05, 4.69) is 5.32 Å². The zero-order valence-corrected chi connectivity index (χ0v) is 11.8. The lowest BCUT2D eigenvalue weighted by atomic mass is 9.84. The number of carboxylic acids is 1. The summed E-state index contributed by atoms with van der Waals surface area (Å²) in [6, 6.07) is 6.38. The number of rotatable bonds is 2. The molecule has 3 rings (SSSR count). The maximum absolute atomic E-state index is 12.0. The van der Waals surface area contributed by atoms with E-state index < -0.39 is 5.97 Å². The molecule has 1 aromatic rings. The van der Waals surface area contributed by atoms with Gasteiger partial charge in [0.2, 0.25) is 0 Å². The molecule has 2 aliphatic heterocycles. The molecule has 2 amide bonds. The van der Waals surface area contributed by atoms with Crippen LogP contribution in [0, 0.1) is 5.92 Å². The van der Waals surface area contributed by atoms with Crippen LogP contribution in [0.15, 0.2) is 24.3 Å². The Morgan fingerprint density at radius 1 is 1.38 bits per heavy atom. The smallest absolute Gasteiger partial charge is 0.335 e. The summed E-state index contributed by atoms with van der Waals surface area (Å²) in [5.41, 5.74) is 1.16. The van der Waals surface area contributed by atoms with Crippen LogP contribution in [0.5, 0.6) is 0 Å². The molecule has 6 heteroatoms. The number of urea groups is 1. The third-order valence-corrected chi connectivity index (χ3v) is 4.26. The number of amides is 2. The monoisotopic (exact) mass is 290 g/mol. The van der Waals surface area contributed by atoms with Crippen molar-refractivity contribution < 1.29 is 19.4 Å². The molecule has 0 saturated carbocycles. The quantitative estimate of drug-likeness (QED) is 0.871. The second kappa shape index (κ2) is 5.37. The van der Waals surface area contributed by atoms with Crippen molar-refractivity contribution in [1.82, 2.24) is 10.2 Å². The molecule has 1 aromatic carbocycles. The second-order valence-electron chi connectivity index (χ2n) is 5.53. The highest BCUT2D eigenvalue weighted by atomic mass is 16.5. The Morgan fingerprint density at radius 3 is 2.76 bits per heavy atom. The van der Waals surface area contributed by atoms with Crippen molar-refractivity contribution in [1.29, 1.82) is 0 Å². The molecule has 112 valence electrons. The molecule has 0 aliphatic carbocycles. The molecule has 6 nitrogen and oxygen atoms in total. The number of ether oxygens (including phenoxy) is 1. The van der Waals surface area contributed by atoms with E-state index >= 15 is 0 Å². The third kappa shape index (κ3) is 2.47. The Labute approximate surface area is 122 Å². The van der Waals surface area contributed by atoms with Crippen LogP contribution in [0.25, 0.3) is 0 Å². The van der Waals surface area contributed by atoms with Crippen molar-refractivity contribution in [2.75, 3.05) is 13.7 Å². The Hall–Kier alpha value is -2.08. The van der Waals surface area contributed by atoms with Gasteiger partial charge >= 0.3 is 12.0 Å². The largest absolute Gasteiger partial charge is 0.478 e. The maximum Gasteiger partial charge on any atom is 0.335 e. The van der Waals surface area contributed by atoms with Gasteiger partial charge in [-0.1, -0.05) is 12.1 Å². The van der Waals surface area contributed by atoms with Crippen molar-refractivity contribution in [2.45, 2.75) is 25.1 Å². The zero-order chi connectivity index (χ0) is 15.0. The maximum atomic E-state index is 12.0. The molecule has 0 aromatic heterocycles. The normalized spacial score (nSPS) is 28.7. The van der Waals surface area contributed by atoms with E-state index in [1.807, 2.05) is 0 Å². The predicted molar refractivity (Wildman–Crippen MR) is 74.9 cm³/mol. The summed E-state index contributed by atoms with van der Waals surface area (Å²) < 4.78 is 5.75. The fraction of sp³-hybridized carbons (Fsp3) is 0.467. The minimum Gasteiger partial charge on any atom is -0.478 e. The number of hydrogen-bond donors (Lipinski definition) is 2. The first-order chi connectivity index (χ1) is 10.1. The van der Waals surface area contributed by atoms with Crippen LogP contribution in [-0.2, 0) is 4.74 Å². The summed E-state index contributed by atoms with van der Waals surface area (Å²) in [5.74, 6) is -0.773. The number of hydrogen-bond acceptors (Lipinski definition) is 3. The van der Waals surface area contributed by atoms with Gasteiger partial charge in [-0.3, -0.25) is 0 Å². The summed E-state index contributed by atoms with van der Waals surface area (Å²) in [6.07, 6.45) is 1.73. The fourth-order valence-corrected chi connectivity index (χ4v) is 3.14. The zero-order valence-electron chi connectivity index (χ0n) is 11.8. The number of nitrogens with zero attached hydrogens (tertiary/aromatic N) is 1. The van der Waals surface area contributed by atoms with Crippen LogP contribution in [0.4, 0.5) is 4.79 Å². The Bertz CT molecular complexity index is 557. The first-order valence-corrected chi connectivity index (χ1v) is 7.06. The van der Waals surface area contributed by atoms with E-state index in [1.54, 1.807) is 36.2 Å². The van der Waals surface area contributed by atoms with Crippen LogP contribution in [-0.4, -0.2) is 41.9 Å². The summed E-state index contributed by atoms with van der Waals surface area (Å²) >= 11 is 0. The number of nitrogens with one attached hydrogen (secondary N) is 1. The van der Waals surface area contributed by atoms with E-state index in [1.165, 1.54) is 0 Å². The van der Waals surface area contributed by atoms with Crippen molar-refractivity contribution in [3.05, 3.63) is 35.4 Å². The fourth-order valence-electron chi connectivity index (χ4n) is 3.14. The van der Waals surface area contributed by atoms with E-state index in [-0.39, 0.29) is 29.8 Å². The standard InChI is InChI=1S/C15H18N2O4/c1-17-13-11(3-2-8-21-13)12(16-15(17)20)9-4-6-10(7-5-9)14(18)19/h4-7,11-13H,2-3,8H2,1H3,(H,16,20)(H,18,19)/t11-,12-,13-/m0/s1. The van der Waals surface area contributed by atoms with Crippen LogP contribution in [0.2, 0.25) is 0 Å². The highest BCUT2D eigenvalue weighted by Gasteiger charge is 2.42. The molecule has 2 fully saturated rings. The number of carboxylic acid groups (broad SMARTS) is 1. The minimum absolute atomic E-state index is 0.137. The van der Waals surface area contributed by atoms with Crippen LogP contribution in [0.1, 0.15) is 34.8 Å². The lowest BCUT2D eigenvalue weighted by Crippen LogP contribution is -2.59. The van der Waals surface area contributed by atoms with Crippen LogP contribution < -0.4 is 5.32 Å². The van der Waals surface area contributed by atoms with Gasteiger partial charge in [0.1, 0.15) is 6.23 Å². The summed E-state index contributed by atoms with van der Waals surface area (Å²) in [5, 5.41) is 11.9. The molecule has 21 heavy (non-hydrogen) atoms. The van der Waals surface area contributed by atoms with Crippen LogP contribution in [0.3, 0.4) is 0 Å². The first kappa shape index (κ1) is 13.9. The molecule has 0 radical (unpaired) electrons. The van der Waals surface area contributed by atoms with Crippen molar-refractivity contribution in [2.24, 2.45) is 5.92 Å². The van der Waals surface area contributed by atoms with Gasteiger partial charge in [0, 0.05) is 19.6 Å². The Morgan fingerprint density at radius 2 is 2.10 bits per heavy atom. The van der Waals surface area contributed by atoms with Gasteiger partial charge in [0.15, 0.2) is 0 Å². The lowest BCUT2D eigenvalue weighted by Gasteiger charge is -2.46. The van der Waals surface area contributed by atoms with Crippen molar-refractivity contribution >= 4 is 12.0 Å². The van der Waals surface area contributed by atoms with E-state index in [0.717, 1.165) is 18.4 Å². The van der Waals surface area contributed by atoms with E-state index in [9.17, 15) is 9.59 Å². The van der Waals surface area contributed by atoms with Gasteiger partial charge < -0.3 is 20.1 Å². The van der Waals surface area contributed by atoms with Crippen molar-refractivity contribution in [3.8, 4) is 0 Å². The predicted octanol–water partition coefficient (Wildman–Crippen LogP) is 1.83. The lowest BCUT2D eigenvalue weighted by molar-refractivity contribution is -0.116. The SMILES string of the molecule is CN1C(=O)N[C@@H](c2ccc(C(=O)O)cc2)[C@@H]2CCCO[C@@H]21. The average molecular weight is 290 g/mol. The van der Waals surface area contributed by atoms with E-state index in [0.29, 0.717) is 6.61 Å². The van der Waals surface area contributed by atoms with Crippen LogP contribution >= 0.6 is 0 Å². The van der Waals surface area contributed by atoms with Gasteiger partial charge in [0.25, 0.3) is 0 Å². The Balaban J connectivity index is 1.88. The molecule has 0 spiro atoms. The topological polar surface area (TPSA) is 78.9 Å². The van der Waals surface area contributed by atoms with Gasteiger partial charge in [0.05, 0.1) is 11.6 Å². The molecule has 0 unspecified atom stereocenters. The van der Waals surface area contributed by atoms with Gasteiger partial charge in [-0.15, -0.1) is 0 Å². The first-order valence-electron chi connectivity index (χ1n) is 7.06. The molecule has 2 heterocycles. The summed E-state index contributed by atoms with van der Waals surface area (Å²) in [6.45, 7) is 0.670. The van der Waals surface area contributed by atoms with Gasteiger partial charge in [-0.05, 0) is 30.5 Å². The van der Waals surface area contributed by atoms with Crippen molar-refractivity contribution in [3.63, 3.8) is 0 Å². The molecular weight excluding hydrogens is 272 g/mol. The number of carbonyl (C=O) groups excluding carboxylic acids is 1. The molecule has 2 aliphatic rings. The highest BCUT2D eigenvalue weighted by molar-refractivity contribution is 5.87. The van der Waals surface area contributed by atoms with Gasteiger partial charge in [-0.25, -0.2) is 9.59 Å². The number of aromatic carboxylic acids is 1. The number of benzene rings is 1. The molecule has 2 N–H and O–H groups in total. The molecule has 2 saturated heterocycles. The Kier molecular flexibility index (Phi) is 3.55. The molecular formula is C15H18N2O4. The average Bonchev–Trinajstić information content (AvgIpc) is 2.51. The summed E-state index contributed by atoms with van der Waals surface area (Å²) in [4.78, 5) is 24.6.